The fourth-order valence-electron chi connectivity index (χ4n) is 2.30. The molecule has 0 fully saturated rings. The molecule has 0 radical (unpaired) electrons. The summed E-state index contributed by atoms with van der Waals surface area (Å²) in [5, 5.41) is 0.269. The maximum atomic E-state index is 13.7. The Morgan fingerprint density at radius 3 is 2.44 bits per heavy atom. The van der Waals surface area contributed by atoms with Crippen LogP contribution in [0.5, 0.6) is 0 Å². The van der Waals surface area contributed by atoms with E-state index < -0.39 is 21.6 Å². The first-order valence-corrected chi connectivity index (χ1v) is 10.2. The number of halogens is 3. The highest BCUT2D eigenvalue weighted by molar-refractivity contribution is 9.10. The molecular formula is C18H11BrClFN2O3S. The Bertz CT molecular complexity index is 1120. The van der Waals surface area contributed by atoms with Gasteiger partial charge in [0.25, 0.3) is 10.0 Å². The number of benzene rings is 2. The van der Waals surface area contributed by atoms with E-state index in [1.54, 1.807) is 0 Å². The van der Waals surface area contributed by atoms with Gasteiger partial charge in [0.1, 0.15) is 5.82 Å². The number of hydrogen-bond acceptors (Lipinski definition) is 4. The number of carbonyl (C=O) groups is 1. The number of aromatic nitrogens is 1. The second-order valence-electron chi connectivity index (χ2n) is 5.44. The Morgan fingerprint density at radius 2 is 1.78 bits per heavy atom. The van der Waals surface area contributed by atoms with E-state index in [4.69, 9.17) is 11.6 Å². The van der Waals surface area contributed by atoms with Crippen LogP contribution in [0.3, 0.4) is 0 Å². The fourth-order valence-corrected chi connectivity index (χ4v) is 3.81. The lowest BCUT2D eigenvalue weighted by molar-refractivity contribution is 0.103. The predicted molar refractivity (Wildman–Crippen MR) is 104 cm³/mol. The summed E-state index contributed by atoms with van der Waals surface area (Å²) >= 11 is 8.95. The van der Waals surface area contributed by atoms with Gasteiger partial charge in [0.2, 0.25) is 0 Å². The normalized spacial score (nSPS) is 11.2. The maximum absolute atomic E-state index is 13.7. The summed E-state index contributed by atoms with van der Waals surface area (Å²) in [5.74, 6) is -1.15. The van der Waals surface area contributed by atoms with Crippen LogP contribution in [0.15, 0.2) is 70.3 Å². The van der Waals surface area contributed by atoms with Gasteiger partial charge in [0, 0.05) is 28.5 Å². The molecule has 2 aromatic carbocycles. The molecule has 0 saturated carbocycles. The van der Waals surface area contributed by atoms with Crippen LogP contribution in [-0.2, 0) is 10.0 Å². The highest BCUT2D eigenvalue weighted by Crippen LogP contribution is 2.27. The van der Waals surface area contributed by atoms with Gasteiger partial charge in [-0.25, -0.2) is 12.8 Å². The Labute approximate surface area is 168 Å². The molecule has 0 aliphatic carbocycles. The zero-order valence-electron chi connectivity index (χ0n) is 13.5. The standard InChI is InChI=1S/C18H11BrClFN2O3S/c19-15-3-2-13(10-16(15)21)27(25,26)23-17-4-1-12(20)9-14(17)18(24)11-5-7-22-8-6-11/h1-10,23H. The van der Waals surface area contributed by atoms with Gasteiger partial charge in [-0.1, -0.05) is 11.6 Å². The Kier molecular flexibility index (Phi) is 5.59. The zero-order chi connectivity index (χ0) is 19.6. The fraction of sp³-hybridized carbons (Fsp3) is 0. The topological polar surface area (TPSA) is 76.1 Å². The number of hydrogen-bond donors (Lipinski definition) is 1. The molecule has 0 amide bonds. The highest BCUT2D eigenvalue weighted by atomic mass is 79.9. The lowest BCUT2D eigenvalue weighted by Gasteiger charge is -2.13. The number of ketones is 1. The van der Waals surface area contributed by atoms with Gasteiger partial charge >= 0.3 is 0 Å². The average Bonchev–Trinajstić information content (AvgIpc) is 2.65. The Balaban J connectivity index is 2.02. The lowest BCUT2D eigenvalue weighted by atomic mass is 10.0. The summed E-state index contributed by atoms with van der Waals surface area (Å²) in [6.45, 7) is 0. The molecule has 0 aliphatic heterocycles. The Morgan fingerprint density at radius 1 is 1.07 bits per heavy atom. The number of nitrogens with zero attached hydrogens (tertiary/aromatic N) is 1. The predicted octanol–water partition coefficient (Wildman–Crippen LogP) is 4.67. The zero-order valence-corrected chi connectivity index (χ0v) is 16.6. The molecule has 3 aromatic rings. The molecule has 0 bridgehead atoms. The van der Waals surface area contributed by atoms with Gasteiger partial charge in [0.15, 0.2) is 5.78 Å². The van der Waals surface area contributed by atoms with E-state index in [0.29, 0.717) is 5.56 Å². The summed E-state index contributed by atoms with van der Waals surface area (Å²) in [7, 11) is -4.12. The molecule has 5 nitrogen and oxygen atoms in total. The van der Waals surface area contributed by atoms with Crippen LogP contribution in [-0.4, -0.2) is 19.2 Å². The summed E-state index contributed by atoms with van der Waals surface area (Å²) in [6, 6.07) is 10.6. The summed E-state index contributed by atoms with van der Waals surface area (Å²) < 4.78 is 41.4. The SMILES string of the molecule is O=C(c1ccncc1)c1cc(Cl)ccc1NS(=O)(=O)c1ccc(Br)c(F)c1. The van der Waals surface area contributed by atoms with Crippen molar-refractivity contribution >= 4 is 49.0 Å². The van der Waals surface area contributed by atoms with E-state index in [2.05, 4.69) is 25.6 Å². The largest absolute Gasteiger partial charge is 0.289 e. The minimum absolute atomic E-state index is 0.0320. The number of sulfonamides is 1. The molecule has 0 atom stereocenters. The van der Waals surface area contributed by atoms with Gasteiger partial charge in [-0.3, -0.25) is 14.5 Å². The highest BCUT2D eigenvalue weighted by Gasteiger charge is 2.21. The third-order valence-corrected chi connectivity index (χ3v) is 5.86. The summed E-state index contributed by atoms with van der Waals surface area (Å²) in [6.07, 6.45) is 2.90. The van der Waals surface area contributed by atoms with E-state index in [-0.39, 0.29) is 25.6 Å². The van der Waals surface area contributed by atoms with Crippen LogP contribution in [0.25, 0.3) is 0 Å². The van der Waals surface area contributed by atoms with E-state index in [1.807, 2.05) is 0 Å². The maximum Gasteiger partial charge on any atom is 0.262 e. The molecule has 0 saturated heterocycles. The second kappa shape index (κ2) is 7.75. The molecular weight excluding hydrogens is 459 g/mol. The Hall–Kier alpha value is -2.29. The number of pyridine rings is 1. The van der Waals surface area contributed by atoms with Crippen molar-refractivity contribution in [3.63, 3.8) is 0 Å². The number of nitrogens with one attached hydrogen (secondary N) is 1. The van der Waals surface area contributed by atoms with Crippen molar-refractivity contribution in [2.24, 2.45) is 0 Å². The lowest BCUT2D eigenvalue weighted by Crippen LogP contribution is -2.16. The van der Waals surface area contributed by atoms with E-state index in [0.717, 1.165) is 6.07 Å². The van der Waals surface area contributed by atoms with Crippen molar-refractivity contribution < 1.29 is 17.6 Å². The molecule has 0 unspecified atom stereocenters. The van der Waals surface area contributed by atoms with Gasteiger partial charge in [0.05, 0.1) is 15.1 Å². The van der Waals surface area contributed by atoms with Crippen LogP contribution in [0.1, 0.15) is 15.9 Å². The first-order valence-electron chi connectivity index (χ1n) is 7.50. The van der Waals surface area contributed by atoms with Gasteiger partial charge < -0.3 is 0 Å². The molecule has 27 heavy (non-hydrogen) atoms. The third-order valence-electron chi connectivity index (χ3n) is 3.61. The minimum Gasteiger partial charge on any atom is -0.289 e. The first kappa shape index (κ1) is 19.5. The number of rotatable bonds is 5. The average molecular weight is 470 g/mol. The van der Waals surface area contributed by atoms with Crippen molar-refractivity contribution in [3.8, 4) is 0 Å². The number of carbonyl (C=O) groups excluding carboxylic acids is 1. The van der Waals surface area contributed by atoms with Crippen molar-refractivity contribution in [1.29, 1.82) is 0 Å². The monoisotopic (exact) mass is 468 g/mol. The molecule has 1 heterocycles. The molecule has 1 N–H and O–H groups in total. The van der Waals surface area contributed by atoms with E-state index in [1.165, 1.54) is 54.9 Å². The summed E-state index contributed by atoms with van der Waals surface area (Å²) in [5.41, 5.74) is 0.418. The van der Waals surface area contributed by atoms with Crippen LogP contribution in [0.2, 0.25) is 5.02 Å². The number of anilines is 1. The molecule has 3 rings (SSSR count). The van der Waals surface area contributed by atoms with Crippen LogP contribution in [0, 0.1) is 5.82 Å². The second-order valence-corrected chi connectivity index (χ2v) is 8.41. The van der Waals surface area contributed by atoms with Crippen LogP contribution < -0.4 is 4.72 Å². The van der Waals surface area contributed by atoms with Crippen molar-refractivity contribution in [2.75, 3.05) is 4.72 Å². The molecule has 138 valence electrons. The van der Waals surface area contributed by atoms with Crippen molar-refractivity contribution in [1.82, 2.24) is 4.98 Å². The smallest absolute Gasteiger partial charge is 0.262 e. The van der Waals surface area contributed by atoms with Gasteiger partial charge in [-0.15, -0.1) is 0 Å². The first-order chi connectivity index (χ1) is 12.8. The molecule has 0 spiro atoms. The third kappa shape index (κ3) is 4.35. The molecule has 9 heteroatoms. The van der Waals surface area contributed by atoms with Crippen LogP contribution >= 0.6 is 27.5 Å². The van der Waals surface area contributed by atoms with Gasteiger partial charge in [-0.05, 0) is 64.5 Å². The van der Waals surface area contributed by atoms with Gasteiger partial charge in [-0.2, -0.15) is 0 Å². The van der Waals surface area contributed by atoms with E-state index >= 15 is 0 Å². The van der Waals surface area contributed by atoms with Crippen LogP contribution in [0.4, 0.5) is 10.1 Å². The van der Waals surface area contributed by atoms with E-state index in [9.17, 15) is 17.6 Å². The van der Waals surface area contributed by atoms with Crippen molar-refractivity contribution in [2.45, 2.75) is 4.90 Å². The molecule has 1 aromatic heterocycles. The quantitative estimate of drug-likeness (QED) is 0.551. The molecule has 0 aliphatic rings. The van der Waals surface area contributed by atoms with Crippen molar-refractivity contribution in [3.05, 3.63) is 87.4 Å². The minimum atomic E-state index is -4.12. The summed E-state index contributed by atoms with van der Waals surface area (Å²) in [4.78, 5) is 16.3.